The van der Waals surface area contributed by atoms with Crippen molar-refractivity contribution in [3.63, 3.8) is 0 Å². The molecule has 1 aromatic carbocycles. The molecule has 2 aromatic rings. The average Bonchev–Trinajstić information content (AvgIpc) is 3.25. The Hall–Kier alpha value is -1.92. The largest absolute Gasteiger partial charge is 0.491 e. The molecule has 3 rings (SSSR count). The molecule has 0 radical (unpaired) electrons. The van der Waals surface area contributed by atoms with Crippen molar-refractivity contribution in [3.8, 4) is 17.2 Å². The first-order valence-electron chi connectivity index (χ1n) is 8.09. The van der Waals surface area contributed by atoms with Gasteiger partial charge in [0.1, 0.15) is 12.4 Å². The third-order valence-corrected chi connectivity index (χ3v) is 3.99. The van der Waals surface area contributed by atoms with Crippen molar-refractivity contribution < 1.29 is 14.0 Å². The van der Waals surface area contributed by atoms with Crippen LogP contribution < -0.4 is 10.1 Å². The van der Waals surface area contributed by atoms with Crippen LogP contribution in [0, 0.1) is 0 Å². The van der Waals surface area contributed by atoms with Crippen molar-refractivity contribution >= 4 is 0 Å². The quantitative estimate of drug-likeness (QED) is 0.846. The highest BCUT2D eigenvalue weighted by Crippen LogP contribution is 2.23. The van der Waals surface area contributed by atoms with Gasteiger partial charge in [-0.05, 0) is 45.0 Å². The number of nitrogens with zero attached hydrogens (tertiary/aromatic N) is 2. The molecule has 0 saturated carbocycles. The predicted molar refractivity (Wildman–Crippen MR) is 86.4 cm³/mol. The lowest BCUT2D eigenvalue weighted by Crippen LogP contribution is -2.24. The minimum Gasteiger partial charge on any atom is -0.491 e. The standard InChI is InChI=1S/C17H23N3O3/c1-12(18-2)9-16-19-17(23-20-16)13-5-3-6-14(10-13)22-11-15-7-4-8-21-15/h3,5-6,10,12,15,18H,4,7-9,11H2,1-2H3. The van der Waals surface area contributed by atoms with Gasteiger partial charge in [0.05, 0.1) is 6.10 Å². The lowest BCUT2D eigenvalue weighted by atomic mass is 10.2. The summed E-state index contributed by atoms with van der Waals surface area (Å²) < 4.78 is 16.7. The van der Waals surface area contributed by atoms with Crippen LogP contribution in [0.25, 0.3) is 11.5 Å². The van der Waals surface area contributed by atoms with Crippen molar-refractivity contribution in [2.75, 3.05) is 20.3 Å². The summed E-state index contributed by atoms with van der Waals surface area (Å²) in [7, 11) is 1.92. The predicted octanol–water partition coefficient (Wildman–Crippen LogP) is 2.44. The van der Waals surface area contributed by atoms with Crippen LogP contribution in [-0.2, 0) is 11.2 Å². The van der Waals surface area contributed by atoms with Crippen LogP contribution in [0.4, 0.5) is 0 Å². The molecule has 2 unspecified atom stereocenters. The summed E-state index contributed by atoms with van der Waals surface area (Å²) in [6, 6.07) is 8.03. The number of aromatic nitrogens is 2. The maximum absolute atomic E-state index is 5.82. The van der Waals surface area contributed by atoms with Crippen LogP contribution >= 0.6 is 0 Å². The van der Waals surface area contributed by atoms with E-state index in [1.165, 1.54) is 0 Å². The van der Waals surface area contributed by atoms with Gasteiger partial charge < -0.3 is 19.3 Å². The number of ether oxygens (including phenoxy) is 2. The van der Waals surface area contributed by atoms with E-state index in [1.54, 1.807) is 0 Å². The Morgan fingerprint density at radius 1 is 1.43 bits per heavy atom. The fraction of sp³-hybridized carbons (Fsp3) is 0.529. The zero-order valence-corrected chi connectivity index (χ0v) is 13.6. The van der Waals surface area contributed by atoms with E-state index in [-0.39, 0.29) is 6.10 Å². The third kappa shape index (κ3) is 4.30. The maximum atomic E-state index is 5.82. The molecular formula is C17H23N3O3. The molecule has 0 spiro atoms. The van der Waals surface area contributed by atoms with E-state index in [9.17, 15) is 0 Å². The van der Waals surface area contributed by atoms with E-state index in [1.807, 2.05) is 31.3 Å². The summed E-state index contributed by atoms with van der Waals surface area (Å²) in [6.07, 6.45) is 3.12. The van der Waals surface area contributed by atoms with Gasteiger partial charge in [0, 0.05) is 24.6 Å². The second-order valence-corrected chi connectivity index (χ2v) is 5.88. The number of hydrogen-bond acceptors (Lipinski definition) is 6. The topological polar surface area (TPSA) is 69.4 Å². The monoisotopic (exact) mass is 317 g/mol. The molecule has 0 bridgehead atoms. The number of rotatable bonds is 7. The number of hydrogen-bond donors (Lipinski definition) is 1. The molecule has 1 N–H and O–H groups in total. The van der Waals surface area contributed by atoms with Gasteiger partial charge >= 0.3 is 0 Å². The Kier molecular flexibility index (Phi) is 5.25. The fourth-order valence-electron chi connectivity index (χ4n) is 2.51. The highest BCUT2D eigenvalue weighted by Gasteiger charge is 2.16. The molecule has 1 saturated heterocycles. The first-order chi connectivity index (χ1) is 11.2. The van der Waals surface area contributed by atoms with Crippen LogP contribution in [-0.4, -0.2) is 42.5 Å². The molecule has 2 heterocycles. The first-order valence-corrected chi connectivity index (χ1v) is 8.09. The van der Waals surface area contributed by atoms with Crippen molar-refractivity contribution in [3.05, 3.63) is 30.1 Å². The number of benzene rings is 1. The van der Waals surface area contributed by atoms with Gasteiger partial charge in [-0.15, -0.1) is 0 Å². The summed E-state index contributed by atoms with van der Waals surface area (Å²) in [5.74, 6) is 2.01. The van der Waals surface area contributed by atoms with Crippen molar-refractivity contribution in [2.24, 2.45) is 0 Å². The summed E-state index contributed by atoms with van der Waals surface area (Å²) in [5.41, 5.74) is 0.866. The zero-order valence-electron chi connectivity index (χ0n) is 13.6. The van der Waals surface area contributed by atoms with Crippen LogP contribution in [0.1, 0.15) is 25.6 Å². The van der Waals surface area contributed by atoms with Gasteiger partial charge in [0.15, 0.2) is 5.82 Å². The Morgan fingerprint density at radius 2 is 2.35 bits per heavy atom. The fourth-order valence-corrected chi connectivity index (χ4v) is 2.51. The highest BCUT2D eigenvalue weighted by atomic mass is 16.5. The van der Waals surface area contributed by atoms with Crippen molar-refractivity contribution in [1.29, 1.82) is 0 Å². The molecule has 0 amide bonds. The second kappa shape index (κ2) is 7.57. The summed E-state index contributed by atoms with van der Waals surface area (Å²) in [4.78, 5) is 4.45. The normalized spacial score (nSPS) is 19.0. The molecule has 2 atom stereocenters. The Balaban J connectivity index is 1.64. The Labute approximate surface area is 136 Å². The van der Waals surface area contributed by atoms with E-state index < -0.39 is 0 Å². The van der Waals surface area contributed by atoms with Gasteiger partial charge in [0.2, 0.25) is 0 Å². The van der Waals surface area contributed by atoms with Crippen LogP contribution in [0.5, 0.6) is 5.75 Å². The molecule has 0 aliphatic carbocycles. The van der Waals surface area contributed by atoms with Gasteiger partial charge in [-0.25, -0.2) is 0 Å². The van der Waals surface area contributed by atoms with Crippen LogP contribution in [0.15, 0.2) is 28.8 Å². The van der Waals surface area contributed by atoms with E-state index >= 15 is 0 Å². The van der Waals surface area contributed by atoms with Gasteiger partial charge in [0.25, 0.3) is 5.89 Å². The molecule has 23 heavy (non-hydrogen) atoms. The minimum absolute atomic E-state index is 0.205. The Bertz CT molecular complexity index is 623. The molecule has 1 aromatic heterocycles. The molecule has 1 aliphatic heterocycles. The van der Waals surface area contributed by atoms with Crippen molar-refractivity contribution in [1.82, 2.24) is 15.5 Å². The molecule has 6 nitrogen and oxygen atoms in total. The first kappa shape index (κ1) is 16.0. The van der Waals surface area contributed by atoms with Gasteiger partial charge in [-0.2, -0.15) is 4.98 Å². The van der Waals surface area contributed by atoms with Crippen LogP contribution in [0.3, 0.4) is 0 Å². The van der Waals surface area contributed by atoms with E-state index in [2.05, 4.69) is 22.4 Å². The summed E-state index contributed by atoms with van der Waals surface area (Å²) in [5, 5.41) is 7.19. The smallest absolute Gasteiger partial charge is 0.258 e. The molecule has 124 valence electrons. The number of nitrogens with one attached hydrogen (secondary N) is 1. The zero-order chi connectivity index (χ0) is 16.1. The van der Waals surface area contributed by atoms with Gasteiger partial charge in [-0.1, -0.05) is 11.2 Å². The maximum Gasteiger partial charge on any atom is 0.258 e. The summed E-state index contributed by atoms with van der Waals surface area (Å²) in [6.45, 7) is 3.50. The Morgan fingerprint density at radius 3 is 3.13 bits per heavy atom. The van der Waals surface area contributed by atoms with Gasteiger partial charge in [-0.3, -0.25) is 0 Å². The SMILES string of the molecule is CNC(C)Cc1noc(-c2cccc(OCC3CCCO3)c2)n1. The minimum atomic E-state index is 0.205. The molecule has 1 aliphatic rings. The number of likely N-dealkylation sites (N-methyl/N-ethyl adjacent to an activating group) is 1. The highest BCUT2D eigenvalue weighted by molar-refractivity contribution is 5.55. The van der Waals surface area contributed by atoms with E-state index in [0.717, 1.165) is 37.2 Å². The van der Waals surface area contributed by atoms with E-state index in [0.29, 0.717) is 24.4 Å². The van der Waals surface area contributed by atoms with E-state index in [4.69, 9.17) is 14.0 Å². The molecule has 1 fully saturated rings. The molecule has 6 heteroatoms. The summed E-state index contributed by atoms with van der Waals surface area (Å²) >= 11 is 0. The average molecular weight is 317 g/mol. The van der Waals surface area contributed by atoms with Crippen LogP contribution in [0.2, 0.25) is 0 Å². The molecular weight excluding hydrogens is 294 g/mol. The third-order valence-electron chi connectivity index (χ3n) is 3.99. The second-order valence-electron chi connectivity index (χ2n) is 5.88. The lowest BCUT2D eigenvalue weighted by molar-refractivity contribution is 0.0680. The lowest BCUT2D eigenvalue weighted by Gasteiger charge is -2.11. The van der Waals surface area contributed by atoms with Crippen molar-refractivity contribution in [2.45, 2.75) is 38.3 Å².